The molecular weight excluding hydrogens is 258 g/mol. The molecule has 0 aliphatic rings. The van der Waals surface area contributed by atoms with Crippen LogP contribution < -0.4 is 16.6 Å². The third kappa shape index (κ3) is 4.24. The molecule has 1 aromatic rings. The van der Waals surface area contributed by atoms with Gasteiger partial charge in [0.15, 0.2) is 0 Å². The number of nitrogen functional groups attached to an aromatic ring is 1. The van der Waals surface area contributed by atoms with Crippen LogP contribution in [0.1, 0.15) is 45.0 Å². The first-order chi connectivity index (χ1) is 8.80. The second-order valence-electron chi connectivity index (χ2n) is 5.52. The Morgan fingerprint density at radius 2 is 1.84 bits per heavy atom. The minimum absolute atomic E-state index is 0.158. The van der Waals surface area contributed by atoms with E-state index in [0.29, 0.717) is 5.82 Å². The lowest BCUT2D eigenvalue weighted by Gasteiger charge is -2.24. The van der Waals surface area contributed by atoms with Gasteiger partial charge in [-0.05, 0) is 27.0 Å². The number of nitrogens with zero attached hydrogens (tertiary/aromatic N) is 2. The van der Waals surface area contributed by atoms with Crippen molar-refractivity contribution in [2.45, 2.75) is 45.3 Å². The lowest BCUT2D eigenvalue weighted by Crippen LogP contribution is -2.27. The fourth-order valence-corrected chi connectivity index (χ4v) is 1.69. The van der Waals surface area contributed by atoms with Crippen LogP contribution in [0.15, 0.2) is 0 Å². The minimum Gasteiger partial charge on any atom is -0.368 e. The van der Waals surface area contributed by atoms with E-state index in [4.69, 9.17) is 5.84 Å². The molecule has 0 amide bonds. The van der Waals surface area contributed by atoms with Gasteiger partial charge >= 0.3 is 0 Å². The molecule has 19 heavy (non-hydrogen) atoms. The molecule has 0 fully saturated rings. The maximum absolute atomic E-state index is 5.52. The van der Waals surface area contributed by atoms with Crippen molar-refractivity contribution in [3.8, 4) is 0 Å². The fraction of sp³-hybridized carbons (Fsp3) is 0.692. The maximum atomic E-state index is 5.52. The molecule has 108 valence electrons. The molecule has 0 aromatic carbocycles. The van der Waals surface area contributed by atoms with E-state index >= 15 is 0 Å². The van der Waals surface area contributed by atoms with Gasteiger partial charge in [-0.25, -0.2) is 15.8 Å². The van der Waals surface area contributed by atoms with Crippen molar-refractivity contribution in [1.82, 2.24) is 9.97 Å². The van der Waals surface area contributed by atoms with Gasteiger partial charge in [-0.1, -0.05) is 13.8 Å². The Labute approximate surface area is 120 Å². The van der Waals surface area contributed by atoms with E-state index in [1.54, 1.807) is 0 Å². The third-order valence-corrected chi connectivity index (χ3v) is 4.30. The van der Waals surface area contributed by atoms with Crippen LogP contribution in [-0.4, -0.2) is 27.5 Å². The van der Waals surface area contributed by atoms with Gasteiger partial charge in [0.2, 0.25) is 0 Å². The number of hydrazine groups is 1. The average molecular weight is 283 g/mol. The number of hydrogen-bond acceptors (Lipinski definition) is 6. The molecule has 5 nitrogen and oxygen atoms in total. The molecule has 0 atom stereocenters. The van der Waals surface area contributed by atoms with Crippen LogP contribution in [0.3, 0.4) is 0 Å². The maximum Gasteiger partial charge on any atom is 0.148 e. The molecule has 0 aliphatic carbocycles. The Hall–Kier alpha value is -1.01. The molecule has 0 radical (unpaired) electrons. The lowest BCUT2D eigenvalue weighted by molar-refractivity contribution is 0.739. The number of anilines is 2. The summed E-state index contributed by atoms with van der Waals surface area (Å²) in [4.78, 5) is 9.01. The summed E-state index contributed by atoms with van der Waals surface area (Å²) in [5.74, 6) is 8.12. The second-order valence-corrected chi connectivity index (χ2v) is 7.03. The van der Waals surface area contributed by atoms with Crippen molar-refractivity contribution >= 4 is 23.4 Å². The van der Waals surface area contributed by atoms with Crippen LogP contribution in [-0.2, 0) is 0 Å². The number of hydrogen-bond donors (Lipinski definition) is 3. The molecule has 0 saturated carbocycles. The molecular formula is C13H25N5S. The molecule has 6 heteroatoms. The van der Waals surface area contributed by atoms with Crippen molar-refractivity contribution in [1.29, 1.82) is 0 Å². The highest BCUT2D eigenvalue weighted by Gasteiger charge is 2.18. The first-order valence-corrected chi connectivity index (χ1v) is 7.67. The summed E-state index contributed by atoms with van der Waals surface area (Å²) < 4.78 is 0.158. The van der Waals surface area contributed by atoms with Gasteiger partial charge in [0.05, 0.1) is 0 Å². The Morgan fingerprint density at radius 1 is 1.26 bits per heavy atom. The Balaban J connectivity index is 3.02. The molecule has 1 heterocycles. The zero-order chi connectivity index (χ0) is 14.6. The van der Waals surface area contributed by atoms with Crippen LogP contribution in [0.2, 0.25) is 0 Å². The first kappa shape index (κ1) is 16.0. The normalized spacial score (nSPS) is 11.8. The average Bonchev–Trinajstić information content (AvgIpc) is 2.37. The molecule has 0 aliphatic heterocycles. The predicted molar refractivity (Wildman–Crippen MR) is 84.8 cm³/mol. The van der Waals surface area contributed by atoms with Crippen LogP contribution in [0.4, 0.5) is 11.6 Å². The van der Waals surface area contributed by atoms with Crippen molar-refractivity contribution in [2.75, 3.05) is 23.5 Å². The highest BCUT2D eigenvalue weighted by molar-refractivity contribution is 7.99. The monoisotopic (exact) mass is 283 g/mol. The van der Waals surface area contributed by atoms with Crippen LogP contribution >= 0.6 is 11.8 Å². The SMILES string of the molecule is CSC(C)(C)CNc1nc(C(C)C)nc(NN)c1C. The molecule has 0 saturated heterocycles. The summed E-state index contributed by atoms with van der Waals surface area (Å²) in [6, 6.07) is 0. The molecule has 1 rings (SSSR count). The van der Waals surface area contributed by atoms with E-state index in [0.717, 1.165) is 23.8 Å². The van der Waals surface area contributed by atoms with Crippen molar-refractivity contribution in [3.63, 3.8) is 0 Å². The Bertz CT molecular complexity index is 431. The van der Waals surface area contributed by atoms with Crippen LogP contribution in [0, 0.1) is 6.92 Å². The predicted octanol–water partition coefficient (Wildman–Crippen LogP) is 2.75. The van der Waals surface area contributed by atoms with Gasteiger partial charge in [0.1, 0.15) is 17.5 Å². The van der Waals surface area contributed by atoms with Gasteiger partial charge in [-0.3, -0.25) is 0 Å². The summed E-state index contributed by atoms with van der Waals surface area (Å²) in [7, 11) is 0. The summed E-state index contributed by atoms with van der Waals surface area (Å²) in [5, 5.41) is 3.41. The molecule has 0 unspecified atom stereocenters. The molecule has 4 N–H and O–H groups in total. The quantitative estimate of drug-likeness (QED) is 0.550. The summed E-state index contributed by atoms with van der Waals surface area (Å²) >= 11 is 1.83. The molecule has 0 spiro atoms. The number of aromatic nitrogens is 2. The largest absolute Gasteiger partial charge is 0.368 e. The summed E-state index contributed by atoms with van der Waals surface area (Å²) in [5.41, 5.74) is 3.59. The number of thioether (sulfide) groups is 1. The highest BCUT2D eigenvalue weighted by Crippen LogP contribution is 2.25. The van der Waals surface area contributed by atoms with Crippen molar-refractivity contribution < 1.29 is 0 Å². The topological polar surface area (TPSA) is 75.9 Å². The van der Waals surface area contributed by atoms with Gasteiger partial charge < -0.3 is 10.7 Å². The van der Waals surface area contributed by atoms with Gasteiger partial charge in [-0.15, -0.1) is 0 Å². The molecule has 0 bridgehead atoms. The van der Waals surface area contributed by atoms with Crippen molar-refractivity contribution in [2.24, 2.45) is 5.84 Å². The van der Waals surface area contributed by atoms with E-state index < -0.39 is 0 Å². The second kappa shape index (κ2) is 6.43. The van der Waals surface area contributed by atoms with E-state index in [9.17, 15) is 0 Å². The fourth-order valence-electron chi connectivity index (χ4n) is 1.47. The molecule has 1 aromatic heterocycles. The van der Waals surface area contributed by atoms with Gasteiger partial charge in [0, 0.05) is 22.8 Å². The van der Waals surface area contributed by atoms with E-state index in [2.05, 4.69) is 54.7 Å². The van der Waals surface area contributed by atoms with Crippen LogP contribution in [0.5, 0.6) is 0 Å². The van der Waals surface area contributed by atoms with E-state index in [-0.39, 0.29) is 10.7 Å². The Morgan fingerprint density at radius 3 is 2.32 bits per heavy atom. The highest BCUT2D eigenvalue weighted by atomic mass is 32.2. The smallest absolute Gasteiger partial charge is 0.148 e. The Kier molecular flexibility index (Phi) is 5.43. The minimum atomic E-state index is 0.158. The van der Waals surface area contributed by atoms with Crippen LogP contribution in [0.25, 0.3) is 0 Å². The number of nitrogens with two attached hydrogens (primary N) is 1. The summed E-state index contributed by atoms with van der Waals surface area (Å²) in [6.07, 6.45) is 2.11. The lowest BCUT2D eigenvalue weighted by atomic mass is 10.2. The van der Waals surface area contributed by atoms with Crippen molar-refractivity contribution in [3.05, 3.63) is 11.4 Å². The zero-order valence-electron chi connectivity index (χ0n) is 12.7. The summed E-state index contributed by atoms with van der Waals surface area (Å²) in [6.45, 7) is 11.3. The van der Waals surface area contributed by atoms with E-state index in [1.807, 2.05) is 18.7 Å². The first-order valence-electron chi connectivity index (χ1n) is 6.45. The number of nitrogens with one attached hydrogen (secondary N) is 2. The van der Waals surface area contributed by atoms with E-state index in [1.165, 1.54) is 0 Å². The number of rotatable bonds is 6. The van der Waals surface area contributed by atoms with Gasteiger partial charge in [0.25, 0.3) is 0 Å². The zero-order valence-corrected chi connectivity index (χ0v) is 13.5. The standard InChI is InChI=1S/C13H25N5S/c1-8(2)10-16-11(9(3)12(17-10)18-14)15-7-13(4,5)19-6/h8H,7,14H2,1-6H3,(H2,15,16,17,18). The third-order valence-electron chi connectivity index (χ3n) is 3.05. The van der Waals surface area contributed by atoms with Gasteiger partial charge in [-0.2, -0.15) is 11.8 Å².